The summed E-state index contributed by atoms with van der Waals surface area (Å²) in [4.78, 5) is 0. The van der Waals surface area contributed by atoms with E-state index < -0.39 is 6.10 Å². The van der Waals surface area contributed by atoms with Crippen molar-refractivity contribution in [1.82, 2.24) is 0 Å². The van der Waals surface area contributed by atoms with Crippen molar-refractivity contribution in [2.24, 2.45) is 5.92 Å². The smallest absolute Gasteiger partial charge is 0.125 e. The zero-order chi connectivity index (χ0) is 11.4. The Hall–Kier alpha value is -1.02. The molecule has 0 aliphatic carbocycles. The van der Waals surface area contributed by atoms with Crippen LogP contribution in [0.5, 0.6) is 5.75 Å². The van der Waals surface area contributed by atoms with Gasteiger partial charge < -0.3 is 9.84 Å². The average Bonchev–Trinajstić information content (AvgIpc) is 2.16. The third-order valence-electron chi connectivity index (χ3n) is 2.58. The molecule has 1 N–H and O–H groups in total. The first-order valence-electron chi connectivity index (χ1n) is 5.39. The molecule has 15 heavy (non-hydrogen) atoms. The highest BCUT2D eigenvalue weighted by molar-refractivity contribution is 5.39. The lowest BCUT2D eigenvalue weighted by Crippen LogP contribution is -2.23. The highest BCUT2D eigenvalue weighted by Gasteiger charge is 2.11. The molecule has 0 fully saturated rings. The molecule has 1 atom stereocenters. The predicted octanol–water partition coefficient (Wildman–Crippen LogP) is 2.70. The van der Waals surface area contributed by atoms with E-state index in [2.05, 4.69) is 0 Å². The highest BCUT2D eigenvalue weighted by Crippen LogP contribution is 2.22. The molecule has 0 heterocycles. The van der Waals surface area contributed by atoms with Gasteiger partial charge in [-0.3, -0.25) is 0 Å². The maximum Gasteiger partial charge on any atom is 0.125 e. The number of para-hydroxylation sites is 1. The first kappa shape index (κ1) is 12.1. The Morgan fingerprint density at radius 2 is 1.73 bits per heavy atom. The number of aryl methyl sites for hydroxylation is 2. The van der Waals surface area contributed by atoms with E-state index in [9.17, 15) is 5.11 Å². The predicted molar refractivity (Wildman–Crippen MR) is 62.3 cm³/mol. The molecular formula is C13H20O2. The van der Waals surface area contributed by atoms with Crippen LogP contribution in [0.4, 0.5) is 0 Å². The summed E-state index contributed by atoms with van der Waals surface area (Å²) in [6.07, 6.45) is -0.399. The molecular weight excluding hydrogens is 188 g/mol. The lowest BCUT2D eigenvalue weighted by atomic mass is 10.1. The van der Waals surface area contributed by atoms with Gasteiger partial charge in [0, 0.05) is 0 Å². The van der Waals surface area contributed by atoms with E-state index in [-0.39, 0.29) is 5.92 Å². The van der Waals surface area contributed by atoms with Gasteiger partial charge in [-0.2, -0.15) is 0 Å². The van der Waals surface area contributed by atoms with Gasteiger partial charge in [-0.1, -0.05) is 32.0 Å². The molecule has 1 aromatic carbocycles. The van der Waals surface area contributed by atoms with Crippen LogP contribution in [0.3, 0.4) is 0 Å². The molecule has 1 aromatic rings. The number of hydrogen-bond donors (Lipinski definition) is 1. The molecule has 0 aliphatic rings. The fraction of sp³-hybridized carbons (Fsp3) is 0.538. The number of rotatable bonds is 4. The lowest BCUT2D eigenvalue weighted by Gasteiger charge is -2.17. The van der Waals surface area contributed by atoms with Crippen LogP contribution in [0.2, 0.25) is 0 Å². The first-order valence-corrected chi connectivity index (χ1v) is 5.39. The molecule has 0 spiro atoms. The Morgan fingerprint density at radius 3 is 2.20 bits per heavy atom. The van der Waals surface area contributed by atoms with Crippen molar-refractivity contribution >= 4 is 0 Å². The van der Waals surface area contributed by atoms with Crippen LogP contribution >= 0.6 is 0 Å². The minimum Gasteiger partial charge on any atom is -0.490 e. The molecule has 0 amide bonds. The zero-order valence-electron chi connectivity index (χ0n) is 9.95. The number of benzene rings is 1. The van der Waals surface area contributed by atoms with Crippen molar-refractivity contribution in [3.05, 3.63) is 29.3 Å². The van der Waals surface area contributed by atoms with Crippen LogP contribution in [-0.4, -0.2) is 17.8 Å². The molecule has 0 aliphatic heterocycles. The van der Waals surface area contributed by atoms with E-state index in [1.54, 1.807) is 0 Å². The van der Waals surface area contributed by atoms with Gasteiger partial charge in [-0.05, 0) is 30.9 Å². The van der Waals surface area contributed by atoms with Crippen molar-refractivity contribution in [1.29, 1.82) is 0 Å². The fourth-order valence-electron chi connectivity index (χ4n) is 1.39. The topological polar surface area (TPSA) is 29.5 Å². The van der Waals surface area contributed by atoms with Gasteiger partial charge in [0.05, 0.1) is 6.10 Å². The molecule has 2 heteroatoms. The SMILES string of the molecule is Cc1cccc(C)c1OCC(O)C(C)C. The molecule has 0 radical (unpaired) electrons. The van der Waals surface area contributed by atoms with Gasteiger partial charge >= 0.3 is 0 Å². The highest BCUT2D eigenvalue weighted by atomic mass is 16.5. The molecule has 1 rings (SSSR count). The van der Waals surface area contributed by atoms with Crippen LogP contribution in [0.1, 0.15) is 25.0 Å². The van der Waals surface area contributed by atoms with Crippen LogP contribution in [0.25, 0.3) is 0 Å². The van der Waals surface area contributed by atoms with E-state index >= 15 is 0 Å². The molecule has 0 bridgehead atoms. The van der Waals surface area contributed by atoms with Crippen molar-refractivity contribution in [2.45, 2.75) is 33.8 Å². The fourth-order valence-corrected chi connectivity index (χ4v) is 1.39. The van der Waals surface area contributed by atoms with Crippen LogP contribution in [0, 0.1) is 19.8 Å². The first-order chi connectivity index (χ1) is 7.02. The summed E-state index contributed by atoms with van der Waals surface area (Å²) in [6.45, 7) is 8.37. The summed E-state index contributed by atoms with van der Waals surface area (Å²) in [5.74, 6) is 1.13. The summed E-state index contributed by atoms with van der Waals surface area (Å²) in [7, 11) is 0. The van der Waals surface area contributed by atoms with Crippen LogP contribution in [-0.2, 0) is 0 Å². The Morgan fingerprint density at radius 1 is 1.20 bits per heavy atom. The van der Waals surface area contributed by atoms with Crippen molar-refractivity contribution in [2.75, 3.05) is 6.61 Å². The summed E-state index contributed by atoms with van der Waals surface area (Å²) >= 11 is 0. The third-order valence-corrected chi connectivity index (χ3v) is 2.58. The van der Waals surface area contributed by atoms with Crippen molar-refractivity contribution in [3.8, 4) is 5.75 Å². The molecule has 2 nitrogen and oxygen atoms in total. The number of aliphatic hydroxyl groups is 1. The van der Waals surface area contributed by atoms with Gasteiger partial charge in [0.2, 0.25) is 0 Å². The molecule has 0 saturated heterocycles. The van der Waals surface area contributed by atoms with Gasteiger partial charge in [-0.15, -0.1) is 0 Å². The second kappa shape index (κ2) is 5.17. The minimum absolute atomic E-state index is 0.231. The maximum absolute atomic E-state index is 9.64. The second-order valence-corrected chi connectivity index (χ2v) is 4.34. The number of aliphatic hydroxyl groups excluding tert-OH is 1. The summed E-state index contributed by atoms with van der Waals surface area (Å²) in [6, 6.07) is 6.05. The van der Waals surface area contributed by atoms with Gasteiger partial charge in [0.25, 0.3) is 0 Å². The minimum atomic E-state index is -0.399. The van der Waals surface area contributed by atoms with E-state index in [0.29, 0.717) is 6.61 Å². The Labute approximate surface area is 91.9 Å². The maximum atomic E-state index is 9.64. The quantitative estimate of drug-likeness (QED) is 0.824. The lowest BCUT2D eigenvalue weighted by molar-refractivity contribution is 0.0696. The molecule has 0 saturated carbocycles. The Bertz CT molecular complexity index is 298. The summed E-state index contributed by atoms with van der Waals surface area (Å²) < 4.78 is 5.64. The Balaban J connectivity index is 2.65. The molecule has 1 unspecified atom stereocenters. The van der Waals surface area contributed by atoms with Crippen LogP contribution < -0.4 is 4.74 Å². The van der Waals surface area contributed by atoms with E-state index in [1.807, 2.05) is 45.9 Å². The van der Waals surface area contributed by atoms with Gasteiger partial charge in [-0.25, -0.2) is 0 Å². The van der Waals surface area contributed by atoms with Crippen molar-refractivity contribution < 1.29 is 9.84 Å². The van der Waals surface area contributed by atoms with Gasteiger partial charge in [0.15, 0.2) is 0 Å². The number of ether oxygens (including phenoxy) is 1. The second-order valence-electron chi connectivity index (χ2n) is 4.34. The van der Waals surface area contributed by atoms with E-state index in [4.69, 9.17) is 4.74 Å². The van der Waals surface area contributed by atoms with Crippen molar-refractivity contribution in [3.63, 3.8) is 0 Å². The zero-order valence-corrected chi connectivity index (χ0v) is 9.95. The monoisotopic (exact) mass is 208 g/mol. The largest absolute Gasteiger partial charge is 0.490 e. The molecule has 0 aromatic heterocycles. The van der Waals surface area contributed by atoms with E-state index in [0.717, 1.165) is 16.9 Å². The third kappa shape index (κ3) is 3.24. The standard InChI is InChI=1S/C13H20O2/c1-9(2)12(14)8-15-13-10(3)6-5-7-11(13)4/h5-7,9,12,14H,8H2,1-4H3. The van der Waals surface area contributed by atoms with Crippen LogP contribution in [0.15, 0.2) is 18.2 Å². The van der Waals surface area contributed by atoms with Gasteiger partial charge in [0.1, 0.15) is 12.4 Å². The normalized spacial score (nSPS) is 12.9. The number of hydrogen-bond acceptors (Lipinski definition) is 2. The average molecular weight is 208 g/mol. The summed E-state index contributed by atoms with van der Waals surface area (Å²) in [5, 5.41) is 9.64. The van der Waals surface area contributed by atoms with E-state index in [1.165, 1.54) is 0 Å². The summed E-state index contributed by atoms with van der Waals surface area (Å²) in [5.41, 5.74) is 2.23. The molecule has 84 valence electrons. The Kier molecular flexibility index (Phi) is 4.15.